The molecule has 0 aromatic carbocycles. The lowest BCUT2D eigenvalue weighted by Crippen LogP contribution is -2.16. The lowest BCUT2D eigenvalue weighted by molar-refractivity contribution is 0.685. The van der Waals surface area contributed by atoms with Crippen LogP contribution in [0.2, 0.25) is 4.34 Å². The van der Waals surface area contributed by atoms with Crippen molar-refractivity contribution in [1.82, 2.24) is 9.88 Å². The van der Waals surface area contributed by atoms with E-state index in [-0.39, 0.29) is 0 Å². The van der Waals surface area contributed by atoms with Crippen LogP contribution in [0.15, 0.2) is 18.2 Å². The number of thiophene rings is 1. The first-order chi connectivity index (χ1) is 8.58. The third-order valence-corrected chi connectivity index (χ3v) is 4.66. The Morgan fingerprint density at radius 3 is 2.67 bits per heavy atom. The minimum absolute atomic E-state index is 0.875. The average molecular weight is 283 g/mol. The molecule has 18 heavy (non-hydrogen) atoms. The van der Waals surface area contributed by atoms with Crippen LogP contribution in [0.25, 0.3) is 0 Å². The molecule has 0 saturated heterocycles. The third-order valence-electron chi connectivity index (χ3n) is 3.37. The lowest BCUT2D eigenvalue weighted by Gasteiger charge is -2.04. The number of hydrogen-bond donors (Lipinski definition) is 1. The summed E-state index contributed by atoms with van der Waals surface area (Å²) < 4.78 is 3.11. The summed E-state index contributed by atoms with van der Waals surface area (Å²) >= 11 is 7.57. The van der Waals surface area contributed by atoms with Crippen LogP contribution in [0.5, 0.6) is 0 Å². The van der Waals surface area contributed by atoms with E-state index in [1.807, 2.05) is 6.07 Å². The Labute approximate surface area is 118 Å². The SMILES string of the molecule is Cc1cc(CNCCc2ccc(Cl)s2)c(C)n1C. The number of aromatic nitrogens is 1. The van der Waals surface area contributed by atoms with Gasteiger partial charge in [0.25, 0.3) is 0 Å². The van der Waals surface area contributed by atoms with Crippen molar-refractivity contribution in [2.24, 2.45) is 7.05 Å². The molecule has 2 aromatic heterocycles. The van der Waals surface area contributed by atoms with E-state index in [0.29, 0.717) is 0 Å². The van der Waals surface area contributed by atoms with Crippen LogP contribution < -0.4 is 5.32 Å². The van der Waals surface area contributed by atoms with Gasteiger partial charge in [-0.15, -0.1) is 11.3 Å². The second-order valence-electron chi connectivity index (χ2n) is 4.59. The summed E-state index contributed by atoms with van der Waals surface area (Å²) in [6.45, 7) is 6.24. The minimum atomic E-state index is 0.875. The van der Waals surface area contributed by atoms with E-state index in [1.54, 1.807) is 11.3 Å². The van der Waals surface area contributed by atoms with Crippen molar-refractivity contribution in [1.29, 1.82) is 0 Å². The normalized spacial score (nSPS) is 11.1. The fraction of sp³-hybridized carbons (Fsp3) is 0.429. The Bertz CT molecular complexity index is 528. The van der Waals surface area contributed by atoms with Crippen molar-refractivity contribution in [3.63, 3.8) is 0 Å². The van der Waals surface area contributed by atoms with Crippen LogP contribution in [0.1, 0.15) is 21.8 Å². The predicted octanol–water partition coefficient (Wildman–Crippen LogP) is 3.69. The van der Waals surface area contributed by atoms with Gasteiger partial charge in [0.05, 0.1) is 4.34 Å². The monoisotopic (exact) mass is 282 g/mol. The fourth-order valence-electron chi connectivity index (χ4n) is 2.03. The molecule has 0 spiro atoms. The fourth-order valence-corrected chi connectivity index (χ4v) is 3.12. The molecule has 2 heterocycles. The van der Waals surface area contributed by atoms with E-state index >= 15 is 0 Å². The highest BCUT2D eigenvalue weighted by atomic mass is 35.5. The molecule has 0 amide bonds. The van der Waals surface area contributed by atoms with Crippen molar-refractivity contribution in [2.75, 3.05) is 6.54 Å². The van der Waals surface area contributed by atoms with Gasteiger partial charge in [-0.25, -0.2) is 0 Å². The zero-order valence-electron chi connectivity index (χ0n) is 11.1. The van der Waals surface area contributed by atoms with Gasteiger partial charge >= 0.3 is 0 Å². The van der Waals surface area contributed by atoms with Gasteiger partial charge in [-0.3, -0.25) is 0 Å². The quantitative estimate of drug-likeness (QED) is 0.828. The molecule has 2 rings (SSSR count). The van der Waals surface area contributed by atoms with E-state index in [0.717, 1.165) is 23.8 Å². The molecule has 0 aliphatic carbocycles. The summed E-state index contributed by atoms with van der Waals surface area (Å²) in [6.07, 6.45) is 1.04. The van der Waals surface area contributed by atoms with Crippen molar-refractivity contribution in [2.45, 2.75) is 26.8 Å². The van der Waals surface area contributed by atoms with E-state index in [9.17, 15) is 0 Å². The van der Waals surface area contributed by atoms with Gasteiger partial charge in [0.2, 0.25) is 0 Å². The standard InChI is InChI=1S/C14H19ClN2S/c1-10-8-12(11(2)17(10)3)9-16-7-6-13-4-5-14(15)18-13/h4-5,8,16H,6-7,9H2,1-3H3. The van der Waals surface area contributed by atoms with Crippen molar-refractivity contribution >= 4 is 22.9 Å². The van der Waals surface area contributed by atoms with Crippen LogP contribution in [0.3, 0.4) is 0 Å². The number of nitrogens with one attached hydrogen (secondary N) is 1. The molecule has 0 unspecified atom stereocenters. The minimum Gasteiger partial charge on any atom is -0.352 e. The number of hydrogen-bond acceptors (Lipinski definition) is 2. The zero-order chi connectivity index (χ0) is 13.1. The molecule has 0 aliphatic rings. The Morgan fingerprint density at radius 1 is 1.33 bits per heavy atom. The maximum atomic E-state index is 5.91. The summed E-state index contributed by atoms with van der Waals surface area (Å²) in [5, 5.41) is 3.49. The van der Waals surface area contributed by atoms with Crippen LogP contribution in [0, 0.1) is 13.8 Å². The van der Waals surface area contributed by atoms with Crippen molar-refractivity contribution < 1.29 is 0 Å². The Morgan fingerprint density at radius 2 is 2.11 bits per heavy atom. The molecule has 98 valence electrons. The zero-order valence-corrected chi connectivity index (χ0v) is 12.7. The molecule has 0 fully saturated rings. The second-order valence-corrected chi connectivity index (χ2v) is 6.39. The number of aryl methyl sites for hydroxylation is 1. The third kappa shape index (κ3) is 3.16. The van der Waals surface area contributed by atoms with Gasteiger partial charge in [-0.1, -0.05) is 11.6 Å². The van der Waals surface area contributed by atoms with Gasteiger partial charge in [-0.2, -0.15) is 0 Å². The first kappa shape index (κ1) is 13.7. The Hall–Kier alpha value is -0.770. The van der Waals surface area contributed by atoms with E-state index in [1.165, 1.54) is 21.8 Å². The summed E-state index contributed by atoms with van der Waals surface area (Å²) in [6, 6.07) is 6.32. The van der Waals surface area contributed by atoms with Gasteiger partial charge in [0, 0.05) is 36.4 Å². The molecular formula is C14H19ClN2S. The molecule has 0 radical (unpaired) electrons. The van der Waals surface area contributed by atoms with Crippen LogP contribution in [-0.2, 0) is 20.0 Å². The van der Waals surface area contributed by atoms with Crippen LogP contribution in [-0.4, -0.2) is 11.1 Å². The lowest BCUT2D eigenvalue weighted by atomic mass is 10.2. The Kier molecular flexibility index (Phi) is 4.49. The molecule has 1 N–H and O–H groups in total. The maximum absolute atomic E-state index is 5.91. The molecule has 2 aromatic rings. The smallest absolute Gasteiger partial charge is 0.0931 e. The van der Waals surface area contributed by atoms with Gasteiger partial charge < -0.3 is 9.88 Å². The largest absolute Gasteiger partial charge is 0.352 e. The first-order valence-electron chi connectivity index (χ1n) is 6.14. The average Bonchev–Trinajstić information content (AvgIpc) is 2.85. The predicted molar refractivity (Wildman–Crippen MR) is 79.6 cm³/mol. The summed E-state index contributed by atoms with van der Waals surface area (Å²) in [4.78, 5) is 1.34. The molecule has 4 heteroatoms. The van der Waals surface area contributed by atoms with Crippen molar-refractivity contribution in [3.8, 4) is 0 Å². The van der Waals surface area contributed by atoms with E-state index in [4.69, 9.17) is 11.6 Å². The maximum Gasteiger partial charge on any atom is 0.0931 e. The number of halogens is 1. The van der Waals surface area contributed by atoms with Crippen molar-refractivity contribution in [3.05, 3.63) is 44.4 Å². The van der Waals surface area contributed by atoms with Gasteiger partial charge in [0.15, 0.2) is 0 Å². The number of nitrogens with zero attached hydrogens (tertiary/aromatic N) is 1. The summed E-state index contributed by atoms with van der Waals surface area (Å²) in [5.74, 6) is 0. The first-order valence-corrected chi connectivity index (χ1v) is 7.34. The van der Waals surface area contributed by atoms with Gasteiger partial charge in [0.1, 0.15) is 0 Å². The van der Waals surface area contributed by atoms with E-state index in [2.05, 4.69) is 42.9 Å². The summed E-state index contributed by atoms with van der Waals surface area (Å²) in [7, 11) is 2.11. The molecule has 0 atom stereocenters. The van der Waals surface area contributed by atoms with Crippen LogP contribution >= 0.6 is 22.9 Å². The topological polar surface area (TPSA) is 17.0 Å². The highest BCUT2D eigenvalue weighted by Crippen LogP contribution is 2.21. The Balaban J connectivity index is 1.80. The molecule has 2 nitrogen and oxygen atoms in total. The number of rotatable bonds is 5. The van der Waals surface area contributed by atoms with E-state index < -0.39 is 0 Å². The summed E-state index contributed by atoms with van der Waals surface area (Å²) in [5.41, 5.74) is 4.05. The van der Waals surface area contributed by atoms with Crippen LogP contribution in [0.4, 0.5) is 0 Å². The molecule has 0 saturated carbocycles. The second kappa shape index (κ2) is 5.91. The van der Waals surface area contributed by atoms with Gasteiger partial charge in [-0.05, 0) is 44.0 Å². The molecular weight excluding hydrogens is 264 g/mol. The highest BCUT2D eigenvalue weighted by Gasteiger charge is 2.05. The molecule has 0 bridgehead atoms. The highest BCUT2D eigenvalue weighted by molar-refractivity contribution is 7.16. The molecule has 0 aliphatic heterocycles.